The molecule has 0 amide bonds. The summed E-state index contributed by atoms with van der Waals surface area (Å²) >= 11 is 0. The SMILES string of the molecule is CCCNCCOc1ccc(-c2cc(-c3cc(OC)c(OC)cc3OC)nc(N(CC)CC)c2)cc1. The summed E-state index contributed by atoms with van der Waals surface area (Å²) in [5.74, 6) is 3.67. The first-order valence-corrected chi connectivity index (χ1v) is 12.6. The molecule has 7 heteroatoms. The highest BCUT2D eigenvalue weighted by atomic mass is 16.5. The molecule has 1 heterocycles. The van der Waals surface area contributed by atoms with Crippen molar-refractivity contribution in [3.8, 4) is 45.4 Å². The van der Waals surface area contributed by atoms with E-state index in [0.717, 1.165) is 66.6 Å². The van der Waals surface area contributed by atoms with E-state index in [9.17, 15) is 0 Å². The van der Waals surface area contributed by atoms with Gasteiger partial charge in [-0.15, -0.1) is 0 Å². The number of hydrogen-bond donors (Lipinski definition) is 1. The van der Waals surface area contributed by atoms with Crippen molar-refractivity contribution in [3.63, 3.8) is 0 Å². The van der Waals surface area contributed by atoms with Gasteiger partial charge in [-0.1, -0.05) is 19.1 Å². The minimum atomic E-state index is 0.610. The lowest BCUT2D eigenvalue weighted by Crippen LogP contribution is -2.23. The number of benzene rings is 2. The Balaban J connectivity index is 2.00. The van der Waals surface area contributed by atoms with Crippen LogP contribution in [-0.4, -0.2) is 59.1 Å². The van der Waals surface area contributed by atoms with Gasteiger partial charge in [0.25, 0.3) is 0 Å². The first-order chi connectivity index (χ1) is 17.6. The zero-order chi connectivity index (χ0) is 25.9. The molecule has 0 saturated carbocycles. The summed E-state index contributed by atoms with van der Waals surface area (Å²) in [5.41, 5.74) is 3.79. The Morgan fingerprint density at radius 3 is 2.03 bits per heavy atom. The van der Waals surface area contributed by atoms with Crippen molar-refractivity contribution in [1.82, 2.24) is 10.3 Å². The number of pyridine rings is 1. The number of nitrogens with zero attached hydrogens (tertiary/aromatic N) is 2. The lowest BCUT2D eigenvalue weighted by atomic mass is 10.0. The summed E-state index contributed by atoms with van der Waals surface area (Å²) in [6.45, 7) is 10.6. The fraction of sp³-hybridized carbons (Fsp3) is 0.414. The molecule has 36 heavy (non-hydrogen) atoms. The lowest BCUT2D eigenvalue weighted by molar-refractivity contribution is 0.314. The molecule has 0 bridgehead atoms. The van der Waals surface area contributed by atoms with E-state index in [1.807, 2.05) is 24.3 Å². The average Bonchev–Trinajstić information content (AvgIpc) is 2.93. The third-order valence-corrected chi connectivity index (χ3v) is 6.04. The van der Waals surface area contributed by atoms with Crippen molar-refractivity contribution in [2.45, 2.75) is 27.2 Å². The summed E-state index contributed by atoms with van der Waals surface area (Å²) in [7, 11) is 4.89. The molecule has 194 valence electrons. The molecule has 0 spiro atoms. The van der Waals surface area contributed by atoms with Gasteiger partial charge in [0.05, 0.1) is 27.0 Å². The van der Waals surface area contributed by atoms with E-state index in [4.69, 9.17) is 23.9 Å². The molecule has 0 aliphatic heterocycles. The molecular weight excluding hydrogens is 454 g/mol. The van der Waals surface area contributed by atoms with Gasteiger partial charge in [0.2, 0.25) is 0 Å². The topological polar surface area (TPSA) is 65.1 Å². The zero-order valence-electron chi connectivity index (χ0n) is 22.4. The number of methoxy groups -OCH3 is 3. The van der Waals surface area contributed by atoms with Gasteiger partial charge in [-0.2, -0.15) is 0 Å². The van der Waals surface area contributed by atoms with Crippen molar-refractivity contribution < 1.29 is 18.9 Å². The number of aromatic nitrogens is 1. The van der Waals surface area contributed by atoms with Gasteiger partial charge < -0.3 is 29.2 Å². The Bertz CT molecular complexity index is 1100. The average molecular weight is 494 g/mol. The van der Waals surface area contributed by atoms with Gasteiger partial charge in [-0.05, 0) is 68.3 Å². The molecule has 0 aliphatic rings. The number of ether oxygens (including phenoxy) is 4. The van der Waals surface area contributed by atoms with E-state index in [1.165, 1.54) is 0 Å². The van der Waals surface area contributed by atoms with Gasteiger partial charge in [-0.25, -0.2) is 4.98 Å². The molecule has 3 rings (SSSR count). The largest absolute Gasteiger partial charge is 0.496 e. The molecule has 7 nitrogen and oxygen atoms in total. The van der Waals surface area contributed by atoms with Crippen molar-refractivity contribution in [2.24, 2.45) is 0 Å². The first-order valence-electron chi connectivity index (χ1n) is 12.6. The molecule has 2 aromatic carbocycles. The molecular formula is C29H39N3O4. The molecule has 0 saturated heterocycles. The number of anilines is 1. The minimum absolute atomic E-state index is 0.610. The highest BCUT2D eigenvalue weighted by Gasteiger charge is 2.17. The normalized spacial score (nSPS) is 10.7. The molecule has 1 aromatic heterocycles. The second-order valence-corrected chi connectivity index (χ2v) is 8.30. The molecule has 0 radical (unpaired) electrons. The highest BCUT2D eigenvalue weighted by molar-refractivity contribution is 5.78. The Labute approximate surface area is 215 Å². The summed E-state index contributed by atoms with van der Waals surface area (Å²) in [4.78, 5) is 7.25. The third kappa shape index (κ3) is 6.61. The summed E-state index contributed by atoms with van der Waals surface area (Å²) in [5, 5.41) is 3.35. The number of rotatable bonds is 14. The molecule has 0 atom stereocenters. The second kappa shape index (κ2) is 13.6. The quantitative estimate of drug-likeness (QED) is 0.290. The van der Waals surface area contributed by atoms with Crippen LogP contribution in [0.15, 0.2) is 48.5 Å². The predicted octanol–water partition coefficient (Wildman–Crippen LogP) is 5.67. The third-order valence-electron chi connectivity index (χ3n) is 6.04. The van der Waals surface area contributed by atoms with Crippen LogP contribution in [0.5, 0.6) is 23.0 Å². The van der Waals surface area contributed by atoms with Crippen LogP contribution in [0.4, 0.5) is 5.82 Å². The second-order valence-electron chi connectivity index (χ2n) is 8.30. The smallest absolute Gasteiger partial charge is 0.164 e. The van der Waals surface area contributed by atoms with E-state index in [0.29, 0.717) is 23.9 Å². The van der Waals surface area contributed by atoms with Crippen LogP contribution in [0.3, 0.4) is 0 Å². The van der Waals surface area contributed by atoms with Crippen molar-refractivity contribution in [2.75, 3.05) is 59.0 Å². The van der Waals surface area contributed by atoms with Crippen molar-refractivity contribution >= 4 is 5.82 Å². The van der Waals surface area contributed by atoms with Crippen LogP contribution in [0, 0.1) is 0 Å². The van der Waals surface area contributed by atoms with Crippen LogP contribution >= 0.6 is 0 Å². The maximum Gasteiger partial charge on any atom is 0.164 e. The van der Waals surface area contributed by atoms with E-state index in [-0.39, 0.29) is 0 Å². The maximum absolute atomic E-state index is 5.89. The van der Waals surface area contributed by atoms with Crippen molar-refractivity contribution in [1.29, 1.82) is 0 Å². The maximum atomic E-state index is 5.89. The summed E-state index contributed by atoms with van der Waals surface area (Å²) in [6, 6.07) is 16.2. The van der Waals surface area contributed by atoms with Crippen molar-refractivity contribution in [3.05, 3.63) is 48.5 Å². The van der Waals surface area contributed by atoms with Gasteiger partial charge >= 0.3 is 0 Å². The molecule has 0 fully saturated rings. The van der Waals surface area contributed by atoms with Crippen LogP contribution in [0.2, 0.25) is 0 Å². The van der Waals surface area contributed by atoms with Crippen LogP contribution in [0.25, 0.3) is 22.4 Å². The standard InChI is InChI=1S/C29H39N3O4/c1-7-14-30-15-16-36-23-12-10-21(11-13-23)22-17-25(31-29(18-22)32(8-2)9-3)24-19-27(34-5)28(35-6)20-26(24)33-4/h10-13,17-20,30H,7-9,14-16H2,1-6H3. The number of hydrogen-bond acceptors (Lipinski definition) is 7. The summed E-state index contributed by atoms with van der Waals surface area (Å²) < 4.78 is 22.6. The minimum Gasteiger partial charge on any atom is -0.496 e. The Kier molecular flexibility index (Phi) is 10.2. The monoisotopic (exact) mass is 493 g/mol. The molecule has 0 aliphatic carbocycles. The highest BCUT2D eigenvalue weighted by Crippen LogP contribution is 2.41. The van der Waals surface area contributed by atoms with E-state index < -0.39 is 0 Å². The Morgan fingerprint density at radius 1 is 0.750 bits per heavy atom. The van der Waals surface area contributed by atoms with Gasteiger partial charge in [-0.3, -0.25) is 0 Å². The van der Waals surface area contributed by atoms with Gasteiger partial charge in [0.15, 0.2) is 11.5 Å². The van der Waals surface area contributed by atoms with Crippen LogP contribution < -0.4 is 29.2 Å². The van der Waals surface area contributed by atoms with E-state index in [2.05, 4.69) is 55.3 Å². The fourth-order valence-electron chi connectivity index (χ4n) is 4.05. The fourth-order valence-corrected chi connectivity index (χ4v) is 4.05. The first kappa shape index (κ1) is 27.1. The molecule has 1 N–H and O–H groups in total. The predicted molar refractivity (Wildman–Crippen MR) is 147 cm³/mol. The van der Waals surface area contributed by atoms with Crippen LogP contribution in [-0.2, 0) is 0 Å². The molecule has 0 unspecified atom stereocenters. The van der Waals surface area contributed by atoms with Gasteiger partial charge in [0, 0.05) is 31.3 Å². The number of nitrogens with one attached hydrogen (secondary N) is 1. The van der Waals surface area contributed by atoms with E-state index in [1.54, 1.807) is 21.3 Å². The summed E-state index contributed by atoms with van der Waals surface area (Å²) in [6.07, 6.45) is 1.12. The zero-order valence-corrected chi connectivity index (χ0v) is 22.4. The Morgan fingerprint density at radius 2 is 1.42 bits per heavy atom. The molecule has 3 aromatic rings. The van der Waals surface area contributed by atoms with Crippen LogP contribution in [0.1, 0.15) is 27.2 Å². The Hall–Kier alpha value is -3.45. The van der Waals surface area contributed by atoms with Gasteiger partial charge in [0.1, 0.15) is 23.9 Å². The lowest BCUT2D eigenvalue weighted by Gasteiger charge is -2.22. The van der Waals surface area contributed by atoms with E-state index >= 15 is 0 Å².